The van der Waals surface area contributed by atoms with Gasteiger partial charge in [-0.05, 0) is 37.3 Å². The van der Waals surface area contributed by atoms with Crippen molar-refractivity contribution in [2.75, 3.05) is 17.7 Å². The van der Waals surface area contributed by atoms with Crippen LogP contribution in [0.1, 0.15) is 44.9 Å². The number of fused-ring (bicyclic) bond motifs is 1. The summed E-state index contributed by atoms with van der Waals surface area (Å²) in [6.45, 7) is 1.71. The van der Waals surface area contributed by atoms with E-state index in [9.17, 15) is 14.4 Å². The zero-order chi connectivity index (χ0) is 26.7. The molecule has 0 bridgehead atoms. The standard InChI is InChI=1S/C28H21N7O3/c1-4-16-11-12-18-20-19(16)28(38)35(17-9-6-5-7-10-17)23(21(20)27(37)33(18)3)15(2)31-26(36)22-24(29)32-34-14-8-13-30-25(22)34/h1,5-15H,2-3H3,(H2,29,32)(H,31,36). The molecule has 0 saturated heterocycles. The van der Waals surface area contributed by atoms with E-state index in [1.165, 1.54) is 20.2 Å². The number of carbonyl (C=O) groups excluding carboxylic acids is 2. The van der Waals surface area contributed by atoms with E-state index < -0.39 is 11.9 Å². The quantitative estimate of drug-likeness (QED) is 0.363. The minimum atomic E-state index is -0.800. The number of terminal acetylenes is 1. The van der Waals surface area contributed by atoms with E-state index in [0.717, 1.165) is 0 Å². The van der Waals surface area contributed by atoms with Gasteiger partial charge in [0.25, 0.3) is 17.4 Å². The number of amides is 2. The highest BCUT2D eigenvalue weighted by atomic mass is 16.2. The molecule has 10 nitrogen and oxygen atoms in total. The predicted molar refractivity (Wildman–Crippen MR) is 143 cm³/mol. The van der Waals surface area contributed by atoms with Crippen LogP contribution < -0.4 is 21.5 Å². The Bertz CT molecular complexity index is 1920. The molecule has 2 aromatic carbocycles. The number of pyridine rings is 1. The first kappa shape index (κ1) is 23.0. The largest absolute Gasteiger partial charge is 0.381 e. The van der Waals surface area contributed by atoms with Crippen molar-refractivity contribution < 1.29 is 9.59 Å². The van der Waals surface area contributed by atoms with Gasteiger partial charge < -0.3 is 16.0 Å². The molecule has 2 amide bonds. The third-order valence-corrected chi connectivity index (χ3v) is 6.80. The lowest BCUT2D eigenvalue weighted by molar-refractivity contribution is 0.0935. The first-order valence-electron chi connectivity index (χ1n) is 11.8. The monoisotopic (exact) mass is 503 g/mol. The van der Waals surface area contributed by atoms with Crippen molar-refractivity contribution >= 4 is 39.7 Å². The number of carbonyl (C=O) groups is 2. The summed E-state index contributed by atoms with van der Waals surface area (Å²) in [5.74, 6) is 1.74. The Morgan fingerprint density at radius 2 is 1.87 bits per heavy atom. The van der Waals surface area contributed by atoms with Crippen molar-refractivity contribution in [2.24, 2.45) is 0 Å². The molecule has 38 heavy (non-hydrogen) atoms. The number of para-hydroxylation sites is 1. The number of aromatic nitrogens is 4. The Morgan fingerprint density at radius 1 is 1.11 bits per heavy atom. The van der Waals surface area contributed by atoms with Crippen molar-refractivity contribution in [1.29, 1.82) is 0 Å². The van der Waals surface area contributed by atoms with Crippen LogP contribution in [0.15, 0.2) is 65.7 Å². The predicted octanol–water partition coefficient (Wildman–Crippen LogP) is 2.68. The summed E-state index contributed by atoms with van der Waals surface area (Å²) >= 11 is 0. The maximum Gasteiger partial charge on any atom is 0.264 e. The molecule has 186 valence electrons. The van der Waals surface area contributed by atoms with E-state index in [2.05, 4.69) is 21.3 Å². The Kier molecular flexibility index (Phi) is 5.03. The summed E-state index contributed by atoms with van der Waals surface area (Å²) in [5.41, 5.74) is 8.18. The molecule has 3 N–H and O–H groups in total. The van der Waals surface area contributed by atoms with Crippen molar-refractivity contribution in [3.63, 3.8) is 0 Å². The second-order valence-corrected chi connectivity index (χ2v) is 8.97. The van der Waals surface area contributed by atoms with Gasteiger partial charge in [-0.25, -0.2) is 9.50 Å². The highest BCUT2D eigenvalue weighted by Gasteiger charge is 2.36. The number of anilines is 2. The fourth-order valence-electron chi connectivity index (χ4n) is 5.12. The van der Waals surface area contributed by atoms with Crippen molar-refractivity contribution in [3.05, 3.63) is 93.7 Å². The van der Waals surface area contributed by atoms with Gasteiger partial charge in [-0.2, -0.15) is 0 Å². The van der Waals surface area contributed by atoms with Crippen molar-refractivity contribution in [3.8, 4) is 18.0 Å². The summed E-state index contributed by atoms with van der Waals surface area (Å²) in [7, 11) is 1.64. The molecule has 0 fully saturated rings. The fraction of sp³-hybridized carbons (Fsp3) is 0.107. The van der Waals surface area contributed by atoms with Gasteiger partial charge in [-0.1, -0.05) is 24.1 Å². The van der Waals surface area contributed by atoms with Crippen LogP contribution >= 0.6 is 0 Å². The molecule has 1 aliphatic rings. The van der Waals surface area contributed by atoms with Crippen LogP contribution in [0.4, 0.5) is 11.5 Å². The summed E-state index contributed by atoms with van der Waals surface area (Å²) in [5, 5.41) is 7.81. The molecule has 10 heteroatoms. The normalized spacial score (nSPS) is 13.2. The van der Waals surface area contributed by atoms with Crippen LogP contribution in [-0.2, 0) is 0 Å². The molecule has 1 unspecified atom stereocenters. The van der Waals surface area contributed by atoms with Gasteiger partial charge >= 0.3 is 0 Å². The minimum Gasteiger partial charge on any atom is -0.381 e. The fourth-order valence-corrected chi connectivity index (χ4v) is 5.12. The van der Waals surface area contributed by atoms with E-state index >= 15 is 0 Å². The summed E-state index contributed by atoms with van der Waals surface area (Å²) in [6, 6.07) is 13.2. The third kappa shape index (κ3) is 3.12. The minimum absolute atomic E-state index is 0.00802. The van der Waals surface area contributed by atoms with Gasteiger partial charge in [0.1, 0.15) is 5.56 Å². The molecule has 0 aliphatic carbocycles. The number of rotatable bonds is 4. The molecular formula is C28H21N7O3. The van der Waals surface area contributed by atoms with Gasteiger partial charge in [0.15, 0.2) is 11.5 Å². The van der Waals surface area contributed by atoms with Crippen LogP contribution in [-0.4, -0.2) is 38.0 Å². The van der Waals surface area contributed by atoms with Gasteiger partial charge in [-0.3, -0.25) is 19.0 Å². The number of hydrogen-bond acceptors (Lipinski definition) is 6. The molecule has 1 aliphatic heterocycles. The van der Waals surface area contributed by atoms with Crippen LogP contribution in [0.25, 0.3) is 22.1 Å². The molecule has 0 radical (unpaired) electrons. The molecular weight excluding hydrogens is 482 g/mol. The average molecular weight is 504 g/mol. The SMILES string of the molecule is C#Cc1ccc2c3c(c(C(C)NC(=O)c4c(N)nn5cccnc45)n(-c4ccccc4)c(=O)c13)C(=O)N2C. The average Bonchev–Trinajstić information content (AvgIpc) is 3.39. The first-order valence-corrected chi connectivity index (χ1v) is 11.8. The maximum atomic E-state index is 14.1. The number of nitrogens with zero attached hydrogens (tertiary/aromatic N) is 5. The number of nitrogen functional groups attached to an aromatic ring is 1. The maximum absolute atomic E-state index is 14.1. The van der Waals surface area contributed by atoms with E-state index in [-0.39, 0.29) is 33.9 Å². The smallest absolute Gasteiger partial charge is 0.264 e. The lowest BCUT2D eigenvalue weighted by Gasteiger charge is -2.23. The van der Waals surface area contributed by atoms with E-state index in [4.69, 9.17) is 12.2 Å². The Labute approximate surface area is 216 Å². The zero-order valence-electron chi connectivity index (χ0n) is 20.5. The molecule has 0 spiro atoms. The van der Waals surface area contributed by atoms with Crippen LogP contribution in [0.5, 0.6) is 0 Å². The van der Waals surface area contributed by atoms with E-state index in [1.807, 2.05) is 6.07 Å². The Balaban J connectivity index is 1.61. The Morgan fingerprint density at radius 3 is 2.61 bits per heavy atom. The highest BCUT2D eigenvalue weighted by molar-refractivity contribution is 6.26. The third-order valence-electron chi connectivity index (χ3n) is 6.80. The van der Waals surface area contributed by atoms with Crippen LogP contribution in [0.3, 0.4) is 0 Å². The van der Waals surface area contributed by atoms with Crippen LogP contribution in [0.2, 0.25) is 0 Å². The highest BCUT2D eigenvalue weighted by Crippen LogP contribution is 2.40. The van der Waals surface area contributed by atoms with Gasteiger partial charge in [0.05, 0.1) is 28.4 Å². The molecule has 0 saturated carbocycles. The van der Waals surface area contributed by atoms with Gasteiger partial charge in [0, 0.05) is 36.1 Å². The molecule has 3 aromatic heterocycles. The number of benzene rings is 2. The molecule has 4 heterocycles. The zero-order valence-corrected chi connectivity index (χ0v) is 20.5. The number of nitrogens with two attached hydrogens (primary N) is 1. The number of hydrogen-bond donors (Lipinski definition) is 2. The number of nitrogens with one attached hydrogen (secondary N) is 1. The summed E-state index contributed by atoms with van der Waals surface area (Å²) in [4.78, 5) is 46.9. The summed E-state index contributed by atoms with van der Waals surface area (Å²) in [6.07, 6.45) is 8.93. The molecule has 6 rings (SSSR count). The topological polar surface area (TPSA) is 128 Å². The summed E-state index contributed by atoms with van der Waals surface area (Å²) < 4.78 is 2.86. The van der Waals surface area contributed by atoms with Crippen molar-refractivity contribution in [1.82, 2.24) is 24.5 Å². The van der Waals surface area contributed by atoms with Gasteiger partial charge in [0.2, 0.25) is 0 Å². The van der Waals surface area contributed by atoms with E-state index in [0.29, 0.717) is 33.6 Å². The molecule has 1 atom stereocenters. The second-order valence-electron chi connectivity index (χ2n) is 8.97. The second kappa shape index (κ2) is 8.31. The molecule has 5 aromatic rings. The van der Waals surface area contributed by atoms with Crippen LogP contribution in [0, 0.1) is 12.3 Å². The van der Waals surface area contributed by atoms with Gasteiger partial charge in [-0.15, -0.1) is 11.5 Å². The lowest BCUT2D eigenvalue weighted by Crippen LogP contribution is -2.35. The first-order chi connectivity index (χ1) is 18.3. The van der Waals surface area contributed by atoms with E-state index in [1.54, 1.807) is 62.6 Å². The Hall–Kier alpha value is -5.43. The lowest BCUT2D eigenvalue weighted by atomic mass is 9.97. The van der Waals surface area contributed by atoms with Crippen molar-refractivity contribution in [2.45, 2.75) is 13.0 Å².